The van der Waals surface area contributed by atoms with Gasteiger partial charge in [0.05, 0.1) is 6.04 Å². The molecule has 0 unspecified atom stereocenters. The molecule has 7 nitrogen and oxygen atoms in total. The summed E-state index contributed by atoms with van der Waals surface area (Å²) in [4.78, 5) is 37.7. The van der Waals surface area contributed by atoms with Crippen LogP contribution in [0.1, 0.15) is 50.3 Å². The molecule has 0 bridgehead atoms. The average molecular weight is 468 g/mol. The molecule has 0 radical (unpaired) electrons. The van der Waals surface area contributed by atoms with Gasteiger partial charge in [0.15, 0.2) is 0 Å². The Balaban J connectivity index is 2.16. The summed E-state index contributed by atoms with van der Waals surface area (Å²) in [6.45, 7) is 9.52. The number of hydrogen-bond donors (Lipinski definition) is 4. The van der Waals surface area contributed by atoms with E-state index in [1.165, 1.54) is 6.92 Å². The van der Waals surface area contributed by atoms with E-state index >= 15 is 0 Å². The van der Waals surface area contributed by atoms with Crippen LogP contribution in [0.25, 0.3) is 0 Å². The Hall–Kier alpha value is -3.19. The fraction of sp³-hybridized carbons (Fsp3) is 0.444. The van der Waals surface area contributed by atoms with Crippen LogP contribution >= 0.6 is 0 Å². The lowest BCUT2D eigenvalue weighted by atomic mass is 9.99. The van der Waals surface area contributed by atoms with Crippen molar-refractivity contribution in [1.29, 1.82) is 0 Å². The van der Waals surface area contributed by atoms with Crippen LogP contribution in [0.5, 0.6) is 0 Å². The van der Waals surface area contributed by atoms with Gasteiger partial charge < -0.3 is 15.7 Å². The zero-order valence-corrected chi connectivity index (χ0v) is 20.7. The van der Waals surface area contributed by atoms with E-state index in [1.54, 1.807) is 12.1 Å². The molecular weight excluding hydrogens is 430 g/mol. The Morgan fingerprint density at radius 2 is 1.50 bits per heavy atom. The van der Waals surface area contributed by atoms with Crippen molar-refractivity contribution in [3.8, 4) is 0 Å². The third-order valence-electron chi connectivity index (χ3n) is 5.52. The molecular formula is C27H37N3O4. The first-order valence-electron chi connectivity index (χ1n) is 11.8. The van der Waals surface area contributed by atoms with Crippen LogP contribution in [0.2, 0.25) is 0 Å². The summed E-state index contributed by atoms with van der Waals surface area (Å²) in [7, 11) is 0. The van der Waals surface area contributed by atoms with Gasteiger partial charge in [0.1, 0.15) is 12.1 Å². The SMILES string of the molecule is Cc1cc(C)cc(CC[C@H](N[C@H](C)C(=O)O)C(=O)N[C@@H](CC(C)C)C(=O)Nc2ccccc2)c1. The predicted molar refractivity (Wildman–Crippen MR) is 135 cm³/mol. The van der Waals surface area contributed by atoms with E-state index in [0.29, 0.717) is 24.9 Å². The number of anilines is 1. The Labute approximate surface area is 202 Å². The van der Waals surface area contributed by atoms with E-state index in [-0.39, 0.29) is 17.7 Å². The number of hydrogen-bond acceptors (Lipinski definition) is 4. The Kier molecular flexibility index (Phi) is 10.3. The lowest BCUT2D eigenvalue weighted by Gasteiger charge is -2.25. The van der Waals surface area contributed by atoms with Crippen molar-refractivity contribution in [2.45, 2.75) is 72.0 Å². The van der Waals surface area contributed by atoms with E-state index in [4.69, 9.17) is 0 Å². The number of aryl methyl sites for hydroxylation is 3. The molecule has 0 aromatic heterocycles. The molecule has 0 aliphatic carbocycles. The number of amides is 2. The number of carbonyl (C=O) groups is 3. The molecule has 4 N–H and O–H groups in total. The van der Waals surface area contributed by atoms with Crippen molar-refractivity contribution in [2.24, 2.45) is 5.92 Å². The van der Waals surface area contributed by atoms with Gasteiger partial charge in [-0.05, 0) is 63.6 Å². The van der Waals surface area contributed by atoms with E-state index in [9.17, 15) is 19.5 Å². The van der Waals surface area contributed by atoms with Gasteiger partial charge in [-0.25, -0.2) is 0 Å². The molecule has 0 aliphatic rings. The van der Waals surface area contributed by atoms with Gasteiger partial charge in [0.2, 0.25) is 11.8 Å². The quantitative estimate of drug-likeness (QED) is 0.379. The maximum atomic E-state index is 13.3. The molecule has 0 fully saturated rings. The fourth-order valence-corrected chi connectivity index (χ4v) is 3.91. The molecule has 7 heteroatoms. The van der Waals surface area contributed by atoms with Gasteiger partial charge in [-0.15, -0.1) is 0 Å². The van der Waals surface area contributed by atoms with Gasteiger partial charge >= 0.3 is 5.97 Å². The highest BCUT2D eigenvalue weighted by atomic mass is 16.4. The minimum Gasteiger partial charge on any atom is -0.480 e. The first-order valence-corrected chi connectivity index (χ1v) is 11.8. The van der Waals surface area contributed by atoms with Crippen LogP contribution in [0.3, 0.4) is 0 Å². The highest BCUT2D eigenvalue weighted by Gasteiger charge is 2.28. The third-order valence-corrected chi connectivity index (χ3v) is 5.52. The first kappa shape index (κ1) is 27.1. The predicted octanol–water partition coefficient (Wildman–Crippen LogP) is 3.84. The highest BCUT2D eigenvalue weighted by molar-refractivity contribution is 5.97. The normalized spacial score (nSPS) is 13.7. The number of nitrogens with one attached hydrogen (secondary N) is 3. The number of benzene rings is 2. The number of aliphatic carboxylic acids is 1. The zero-order valence-electron chi connectivity index (χ0n) is 20.7. The molecule has 34 heavy (non-hydrogen) atoms. The average Bonchev–Trinajstić information content (AvgIpc) is 2.75. The molecule has 2 rings (SSSR count). The lowest BCUT2D eigenvalue weighted by molar-refractivity contribution is -0.139. The second kappa shape index (κ2) is 12.9. The largest absolute Gasteiger partial charge is 0.480 e. The van der Waals surface area contributed by atoms with Crippen LogP contribution < -0.4 is 16.0 Å². The van der Waals surface area contributed by atoms with Crippen molar-refractivity contribution >= 4 is 23.5 Å². The Morgan fingerprint density at radius 3 is 2.06 bits per heavy atom. The van der Waals surface area contributed by atoms with Crippen molar-refractivity contribution in [1.82, 2.24) is 10.6 Å². The Bertz CT molecular complexity index is 955. The van der Waals surface area contributed by atoms with Crippen LogP contribution in [-0.2, 0) is 20.8 Å². The van der Waals surface area contributed by atoms with E-state index < -0.39 is 24.1 Å². The smallest absolute Gasteiger partial charge is 0.320 e. The van der Waals surface area contributed by atoms with Crippen LogP contribution in [-0.4, -0.2) is 41.0 Å². The molecule has 0 aliphatic heterocycles. The number of carbonyl (C=O) groups excluding carboxylic acids is 2. The molecule has 0 saturated carbocycles. The number of rotatable bonds is 12. The summed E-state index contributed by atoms with van der Waals surface area (Å²) in [6, 6.07) is 12.9. The number of para-hydroxylation sites is 1. The van der Waals surface area contributed by atoms with Crippen LogP contribution in [0.15, 0.2) is 48.5 Å². The minimum atomic E-state index is -1.04. The fourth-order valence-electron chi connectivity index (χ4n) is 3.91. The van der Waals surface area contributed by atoms with Gasteiger partial charge in [-0.1, -0.05) is 61.4 Å². The Morgan fingerprint density at radius 1 is 0.882 bits per heavy atom. The summed E-state index contributed by atoms with van der Waals surface area (Å²) in [5, 5.41) is 18.0. The van der Waals surface area contributed by atoms with Crippen molar-refractivity contribution in [3.63, 3.8) is 0 Å². The van der Waals surface area contributed by atoms with E-state index in [1.807, 2.05) is 45.9 Å². The summed E-state index contributed by atoms with van der Waals surface area (Å²) >= 11 is 0. The van der Waals surface area contributed by atoms with Crippen molar-refractivity contribution in [2.75, 3.05) is 5.32 Å². The standard InChI is InChI=1S/C27H37N3O4/c1-17(2)13-24(26(32)29-22-9-7-6-8-10-22)30-25(31)23(28-20(5)27(33)34)12-11-21-15-18(3)14-19(4)16-21/h6-10,14-17,20,23-24,28H,11-13H2,1-5H3,(H,29,32)(H,30,31)(H,33,34)/t20-,23+,24+/m1/s1. The van der Waals surface area contributed by atoms with E-state index in [0.717, 1.165) is 16.7 Å². The lowest BCUT2D eigenvalue weighted by Crippen LogP contribution is -2.54. The first-order chi connectivity index (χ1) is 16.0. The molecule has 0 spiro atoms. The highest BCUT2D eigenvalue weighted by Crippen LogP contribution is 2.14. The molecule has 0 saturated heterocycles. The van der Waals surface area contributed by atoms with Crippen LogP contribution in [0.4, 0.5) is 5.69 Å². The number of carboxylic acid groups (broad SMARTS) is 1. The molecule has 2 amide bonds. The summed E-state index contributed by atoms with van der Waals surface area (Å²) in [6.07, 6.45) is 1.47. The summed E-state index contributed by atoms with van der Waals surface area (Å²) in [5.74, 6) is -1.55. The second-order valence-corrected chi connectivity index (χ2v) is 9.36. The van der Waals surface area contributed by atoms with Gasteiger partial charge in [0, 0.05) is 5.69 Å². The second-order valence-electron chi connectivity index (χ2n) is 9.36. The molecule has 0 heterocycles. The van der Waals surface area contributed by atoms with Crippen LogP contribution in [0, 0.1) is 19.8 Å². The molecule has 2 aromatic rings. The minimum absolute atomic E-state index is 0.173. The topological polar surface area (TPSA) is 108 Å². The van der Waals surface area contributed by atoms with Gasteiger partial charge in [0.25, 0.3) is 0 Å². The van der Waals surface area contributed by atoms with Crippen molar-refractivity contribution < 1.29 is 19.5 Å². The number of carboxylic acids is 1. The van der Waals surface area contributed by atoms with Gasteiger partial charge in [-0.3, -0.25) is 19.7 Å². The molecule has 184 valence electrons. The molecule has 2 aromatic carbocycles. The third kappa shape index (κ3) is 8.98. The maximum Gasteiger partial charge on any atom is 0.320 e. The maximum absolute atomic E-state index is 13.3. The van der Waals surface area contributed by atoms with E-state index in [2.05, 4.69) is 34.1 Å². The zero-order chi connectivity index (χ0) is 25.3. The van der Waals surface area contributed by atoms with Crippen molar-refractivity contribution in [3.05, 3.63) is 65.2 Å². The van der Waals surface area contributed by atoms with Gasteiger partial charge in [-0.2, -0.15) is 0 Å². The summed E-state index contributed by atoms with van der Waals surface area (Å²) < 4.78 is 0. The summed E-state index contributed by atoms with van der Waals surface area (Å²) in [5.41, 5.74) is 4.01. The molecule has 3 atom stereocenters. The monoisotopic (exact) mass is 467 g/mol.